The van der Waals surface area contributed by atoms with Crippen LogP contribution in [-0.2, 0) is 10.2 Å². The van der Waals surface area contributed by atoms with Crippen molar-refractivity contribution in [3.8, 4) is 0 Å². The highest BCUT2D eigenvalue weighted by Crippen LogP contribution is 2.24. The van der Waals surface area contributed by atoms with E-state index in [1.165, 1.54) is 0 Å². The normalized spacial score (nSPS) is 20.8. The van der Waals surface area contributed by atoms with E-state index in [4.69, 9.17) is 0 Å². The number of nitrogens with zero attached hydrogens (tertiary/aromatic N) is 1. The van der Waals surface area contributed by atoms with Crippen LogP contribution in [0.4, 0.5) is 5.69 Å². The largest absolute Gasteiger partial charge is 0.318 e. The highest BCUT2D eigenvalue weighted by atomic mass is 127. The van der Waals surface area contributed by atoms with Gasteiger partial charge in [0.25, 0.3) is 0 Å². The van der Waals surface area contributed by atoms with E-state index in [9.17, 15) is 8.42 Å². The third-order valence-corrected chi connectivity index (χ3v) is 5.95. The molecule has 1 aliphatic heterocycles. The molecule has 0 amide bonds. The molecule has 1 fully saturated rings. The van der Waals surface area contributed by atoms with Gasteiger partial charge in [-0.3, -0.25) is 4.72 Å². The molecular formula is C13H20IN3O2S. The lowest BCUT2D eigenvalue weighted by molar-refractivity contribution is 0.250. The van der Waals surface area contributed by atoms with Gasteiger partial charge in [0.15, 0.2) is 0 Å². The summed E-state index contributed by atoms with van der Waals surface area (Å²) in [5.41, 5.74) is 0.641. The number of anilines is 1. The SMILES string of the molecule is CNCC1CCCCN1S(=O)(=O)Nc1ccccc1I. The van der Waals surface area contributed by atoms with Crippen molar-refractivity contribution in [1.29, 1.82) is 0 Å². The Morgan fingerprint density at radius 2 is 2.10 bits per heavy atom. The van der Waals surface area contributed by atoms with Crippen LogP contribution in [0.25, 0.3) is 0 Å². The Balaban J connectivity index is 2.18. The minimum atomic E-state index is -3.49. The summed E-state index contributed by atoms with van der Waals surface area (Å²) >= 11 is 2.14. The third kappa shape index (κ3) is 3.84. The maximum atomic E-state index is 12.6. The predicted octanol–water partition coefficient (Wildman–Crippen LogP) is 2.02. The molecule has 2 rings (SSSR count). The zero-order valence-electron chi connectivity index (χ0n) is 11.5. The fraction of sp³-hybridized carbons (Fsp3) is 0.538. The van der Waals surface area contributed by atoms with Gasteiger partial charge in [0.05, 0.1) is 5.69 Å². The second kappa shape index (κ2) is 7.06. The summed E-state index contributed by atoms with van der Waals surface area (Å²) in [6, 6.07) is 7.44. The Bertz CT molecular complexity index is 548. The van der Waals surface area contributed by atoms with Crippen molar-refractivity contribution in [3.63, 3.8) is 0 Å². The minimum absolute atomic E-state index is 0.0348. The van der Waals surface area contributed by atoms with Crippen LogP contribution < -0.4 is 10.0 Å². The Labute approximate surface area is 134 Å². The first-order chi connectivity index (χ1) is 9.54. The summed E-state index contributed by atoms with van der Waals surface area (Å²) in [6.07, 6.45) is 2.92. The Hall–Kier alpha value is -0.380. The lowest BCUT2D eigenvalue weighted by atomic mass is 10.1. The second-order valence-corrected chi connectivity index (χ2v) is 7.69. The molecule has 1 aromatic carbocycles. The number of para-hydroxylation sites is 1. The topological polar surface area (TPSA) is 61.4 Å². The van der Waals surface area contributed by atoms with E-state index in [0.717, 1.165) is 22.8 Å². The first-order valence-electron chi connectivity index (χ1n) is 6.73. The standard InChI is InChI=1S/C13H20IN3O2S/c1-15-10-11-6-4-5-9-17(11)20(18,19)16-13-8-3-2-7-12(13)14/h2-3,7-8,11,15-16H,4-6,9-10H2,1H3. The minimum Gasteiger partial charge on any atom is -0.318 e. The van der Waals surface area contributed by atoms with Gasteiger partial charge in [-0.05, 0) is 54.6 Å². The number of likely N-dealkylation sites (N-methyl/N-ethyl adjacent to an activating group) is 1. The van der Waals surface area contributed by atoms with Crippen LogP contribution in [0.2, 0.25) is 0 Å². The molecule has 0 bridgehead atoms. The van der Waals surface area contributed by atoms with E-state index < -0.39 is 10.2 Å². The summed E-state index contributed by atoms with van der Waals surface area (Å²) < 4.78 is 30.4. The molecule has 5 nitrogen and oxygen atoms in total. The Kier molecular flexibility index (Phi) is 5.65. The lowest BCUT2D eigenvalue weighted by Crippen LogP contribution is -2.50. The summed E-state index contributed by atoms with van der Waals surface area (Å²) in [5, 5.41) is 3.08. The fourth-order valence-corrected chi connectivity index (χ4v) is 4.69. The van der Waals surface area contributed by atoms with Crippen LogP contribution >= 0.6 is 22.6 Å². The van der Waals surface area contributed by atoms with Crippen LogP contribution in [-0.4, -0.2) is 38.9 Å². The lowest BCUT2D eigenvalue weighted by Gasteiger charge is -2.34. The van der Waals surface area contributed by atoms with Gasteiger partial charge in [-0.25, -0.2) is 0 Å². The highest BCUT2D eigenvalue weighted by molar-refractivity contribution is 14.1. The van der Waals surface area contributed by atoms with Gasteiger partial charge in [-0.1, -0.05) is 18.6 Å². The van der Waals surface area contributed by atoms with Crippen LogP contribution in [0.1, 0.15) is 19.3 Å². The van der Waals surface area contributed by atoms with Crippen molar-refractivity contribution in [3.05, 3.63) is 27.8 Å². The van der Waals surface area contributed by atoms with Crippen LogP contribution in [0.3, 0.4) is 0 Å². The van der Waals surface area contributed by atoms with E-state index in [-0.39, 0.29) is 6.04 Å². The summed E-state index contributed by atoms with van der Waals surface area (Å²) in [6.45, 7) is 1.28. The van der Waals surface area contributed by atoms with Crippen molar-refractivity contribution < 1.29 is 8.42 Å². The van der Waals surface area contributed by atoms with Crippen LogP contribution in [0, 0.1) is 3.57 Å². The van der Waals surface area contributed by atoms with E-state index in [1.54, 1.807) is 10.4 Å². The molecule has 112 valence electrons. The van der Waals surface area contributed by atoms with Crippen molar-refractivity contribution in [2.45, 2.75) is 25.3 Å². The maximum Gasteiger partial charge on any atom is 0.301 e. The fourth-order valence-electron chi connectivity index (χ4n) is 2.47. The molecular weight excluding hydrogens is 389 g/mol. The van der Waals surface area contributed by atoms with Crippen molar-refractivity contribution in [2.75, 3.05) is 24.9 Å². The van der Waals surface area contributed by atoms with Gasteiger partial charge < -0.3 is 5.32 Å². The molecule has 0 radical (unpaired) electrons. The molecule has 1 heterocycles. The van der Waals surface area contributed by atoms with Gasteiger partial charge in [-0.2, -0.15) is 12.7 Å². The number of hydrogen-bond donors (Lipinski definition) is 2. The van der Waals surface area contributed by atoms with Crippen molar-refractivity contribution in [2.24, 2.45) is 0 Å². The van der Waals surface area contributed by atoms with Gasteiger partial charge in [-0.15, -0.1) is 0 Å². The number of piperidine rings is 1. The summed E-state index contributed by atoms with van der Waals surface area (Å²) in [5.74, 6) is 0. The molecule has 0 saturated carbocycles. The summed E-state index contributed by atoms with van der Waals surface area (Å²) in [4.78, 5) is 0. The molecule has 1 aliphatic rings. The first-order valence-corrected chi connectivity index (χ1v) is 9.25. The van der Waals surface area contributed by atoms with E-state index in [1.807, 2.05) is 25.2 Å². The van der Waals surface area contributed by atoms with Crippen LogP contribution in [0.5, 0.6) is 0 Å². The third-order valence-electron chi connectivity index (χ3n) is 3.43. The Morgan fingerprint density at radius 3 is 2.80 bits per heavy atom. The van der Waals surface area contributed by atoms with Gasteiger partial charge >= 0.3 is 10.2 Å². The Morgan fingerprint density at radius 1 is 1.35 bits per heavy atom. The van der Waals surface area contributed by atoms with Crippen LogP contribution in [0.15, 0.2) is 24.3 Å². The first kappa shape index (κ1) is 16.0. The van der Waals surface area contributed by atoms with Crippen molar-refractivity contribution in [1.82, 2.24) is 9.62 Å². The molecule has 7 heteroatoms. The number of nitrogens with one attached hydrogen (secondary N) is 2. The highest BCUT2D eigenvalue weighted by Gasteiger charge is 2.32. The zero-order valence-corrected chi connectivity index (χ0v) is 14.4. The molecule has 1 saturated heterocycles. The van der Waals surface area contributed by atoms with E-state index in [2.05, 4.69) is 32.6 Å². The number of hydrogen-bond acceptors (Lipinski definition) is 3. The van der Waals surface area contributed by atoms with Crippen molar-refractivity contribution >= 4 is 38.5 Å². The second-order valence-electron chi connectivity index (χ2n) is 4.90. The maximum absolute atomic E-state index is 12.6. The average Bonchev–Trinajstić information content (AvgIpc) is 2.42. The zero-order chi connectivity index (χ0) is 14.6. The molecule has 20 heavy (non-hydrogen) atoms. The molecule has 2 N–H and O–H groups in total. The number of rotatable bonds is 5. The smallest absolute Gasteiger partial charge is 0.301 e. The number of benzene rings is 1. The molecule has 0 aliphatic carbocycles. The quantitative estimate of drug-likeness (QED) is 0.732. The molecule has 1 atom stereocenters. The number of halogens is 1. The summed E-state index contributed by atoms with van der Waals surface area (Å²) in [7, 11) is -1.64. The monoisotopic (exact) mass is 409 g/mol. The van der Waals surface area contributed by atoms with Gasteiger partial charge in [0, 0.05) is 22.7 Å². The van der Waals surface area contributed by atoms with E-state index >= 15 is 0 Å². The average molecular weight is 409 g/mol. The predicted molar refractivity (Wildman–Crippen MR) is 90.0 cm³/mol. The molecule has 1 aromatic rings. The van der Waals surface area contributed by atoms with Gasteiger partial charge in [0.2, 0.25) is 0 Å². The molecule has 1 unspecified atom stereocenters. The van der Waals surface area contributed by atoms with Gasteiger partial charge in [0.1, 0.15) is 0 Å². The molecule has 0 spiro atoms. The van der Waals surface area contributed by atoms with E-state index in [0.29, 0.717) is 18.8 Å². The molecule has 0 aromatic heterocycles.